The number of rotatable bonds is 1. The summed E-state index contributed by atoms with van der Waals surface area (Å²) in [6.45, 7) is 3.91. The van der Waals surface area contributed by atoms with Gasteiger partial charge in [-0.2, -0.15) is 5.10 Å². The Hall–Kier alpha value is -2.08. The van der Waals surface area contributed by atoms with Gasteiger partial charge in [-0.1, -0.05) is 0 Å². The maximum Gasteiger partial charge on any atom is 0.129 e. The molecule has 0 unspecified atom stereocenters. The average molecular weight is 259 g/mol. The van der Waals surface area contributed by atoms with Gasteiger partial charge in [-0.25, -0.2) is 4.98 Å². The Kier molecular flexibility index (Phi) is 2.27. The Morgan fingerprint density at radius 2 is 2.00 bits per heavy atom. The number of nitrogens with one attached hydrogen (secondary N) is 1. The summed E-state index contributed by atoms with van der Waals surface area (Å²) in [6.07, 6.45) is 1.73. The van der Waals surface area contributed by atoms with Crippen LogP contribution < -0.4 is 11.5 Å². The zero-order chi connectivity index (χ0) is 12.9. The first-order valence-corrected chi connectivity index (χ1v) is 6.35. The average Bonchev–Trinajstić information content (AvgIpc) is 2.96. The van der Waals surface area contributed by atoms with Crippen molar-refractivity contribution in [1.82, 2.24) is 15.2 Å². The second-order valence-corrected chi connectivity index (χ2v) is 5.26. The number of fused-ring (bicyclic) bond motifs is 1. The molecular formula is C12H13N5S. The first-order chi connectivity index (χ1) is 8.59. The molecule has 92 valence electrons. The minimum atomic E-state index is 0.497. The van der Waals surface area contributed by atoms with E-state index in [1.807, 2.05) is 19.9 Å². The number of nitrogen functional groups attached to an aromatic ring is 2. The van der Waals surface area contributed by atoms with E-state index in [4.69, 9.17) is 11.5 Å². The number of nitrogens with two attached hydrogens (primary N) is 2. The molecule has 0 spiro atoms. The van der Waals surface area contributed by atoms with Gasteiger partial charge in [0.25, 0.3) is 0 Å². The van der Waals surface area contributed by atoms with Crippen molar-refractivity contribution in [2.24, 2.45) is 0 Å². The van der Waals surface area contributed by atoms with Crippen molar-refractivity contribution in [2.45, 2.75) is 13.8 Å². The fraction of sp³-hybridized carbons (Fsp3) is 0.167. The number of hydrogen-bond donors (Lipinski definition) is 3. The molecular weight excluding hydrogens is 246 g/mol. The second kappa shape index (κ2) is 3.71. The van der Waals surface area contributed by atoms with Gasteiger partial charge < -0.3 is 11.5 Å². The third-order valence-electron chi connectivity index (χ3n) is 3.13. The molecule has 5 nitrogen and oxygen atoms in total. The highest BCUT2D eigenvalue weighted by Gasteiger charge is 2.16. The van der Waals surface area contributed by atoms with Crippen LogP contribution in [0.2, 0.25) is 0 Å². The van der Waals surface area contributed by atoms with Crippen molar-refractivity contribution in [1.29, 1.82) is 0 Å². The largest absolute Gasteiger partial charge is 0.397 e. The summed E-state index contributed by atoms with van der Waals surface area (Å²) in [5.74, 6) is 0.497. The molecule has 0 aliphatic carbocycles. The number of anilines is 2. The van der Waals surface area contributed by atoms with Crippen molar-refractivity contribution in [3.05, 3.63) is 23.4 Å². The van der Waals surface area contributed by atoms with Gasteiger partial charge in [0.2, 0.25) is 0 Å². The van der Waals surface area contributed by atoms with Gasteiger partial charge in [0.15, 0.2) is 0 Å². The van der Waals surface area contributed by atoms with Crippen LogP contribution in [-0.4, -0.2) is 15.2 Å². The number of H-pyrrole nitrogens is 1. The molecule has 0 aliphatic rings. The Bertz CT molecular complexity index is 727. The van der Waals surface area contributed by atoms with Gasteiger partial charge in [0.05, 0.1) is 26.5 Å². The van der Waals surface area contributed by atoms with Crippen LogP contribution in [0.1, 0.15) is 11.1 Å². The van der Waals surface area contributed by atoms with Crippen molar-refractivity contribution in [3.8, 4) is 10.6 Å². The summed E-state index contributed by atoms with van der Waals surface area (Å²) in [7, 11) is 0. The predicted octanol–water partition coefficient (Wildman–Crippen LogP) is 2.47. The van der Waals surface area contributed by atoms with E-state index in [9.17, 15) is 0 Å². The Morgan fingerprint density at radius 1 is 1.22 bits per heavy atom. The highest BCUT2D eigenvalue weighted by molar-refractivity contribution is 7.23. The molecule has 5 N–H and O–H groups in total. The first-order valence-electron chi connectivity index (χ1n) is 5.54. The van der Waals surface area contributed by atoms with Crippen molar-refractivity contribution >= 4 is 33.1 Å². The highest BCUT2D eigenvalue weighted by atomic mass is 32.1. The minimum absolute atomic E-state index is 0.497. The highest BCUT2D eigenvalue weighted by Crippen LogP contribution is 2.40. The number of aromatic nitrogens is 3. The molecule has 0 aliphatic heterocycles. The number of hydrogen-bond acceptors (Lipinski definition) is 5. The molecule has 3 rings (SSSR count). The molecule has 0 aromatic carbocycles. The maximum absolute atomic E-state index is 6.12. The van der Waals surface area contributed by atoms with Crippen LogP contribution in [0, 0.1) is 13.8 Å². The normalized spacial score (nSPS) is 11.2. The van der Waals surface area contributed by atoms with Gasteiger partial charge in [-0.15, -0.1) is 11.3 Å². The SMILES string of the molecule is Cc1c(N)nc2c(C)c(-c3ccn[nH]3)sc2c1N. The molecule has 0 radical (unpaired) electrons. The molecule has 0 saturated heterocycles. The predicted molar refractivity (Wildman–Crippen MR) is 75.5 cm³/mol. The lowest BCUT2D eigenvalue weighted by Crippen LogP contribution is -1.99. The van der Waals surface area contributed by atoms with E-state index in [0.717, 1.165) is 37.6 Å². The molecule has 3 aromatic heterocycles. The van der Waals surface area contributed by atoms with E-state index >= 15 is 0 Å². The Morgan fingerprint density at radius 3 is 2.67 bits per heavy atom. The van der Waals surface area contributed by atoms with Crippen LogP contribution in [0.3, 0.4) is 0 Å². The van der Waals surface area contributed by atoms with Crippen LogP contribution in [-0.2, 0) is 0 Å². The number of aromatic amines is 1. The van der Waals surface area contributed by atoms with Crippen molar-refractivity contribution in [2.75, 3.05) is 11.5 Å². The lowest BCUT2D eigenvalue weighted by atomic mass is 10.1. The molecule has 0 bridgehead atoms. The standard InChI is InChI=1S/C12H13N5S/c1-5-8(13)11-9(16-12(5)14)6(2)10(18-11)7-3-4-15-17-7/h3-4H,1-2H3,(H,15,17)(H4,13,14,16). The van der Waals surface area contributed by atoms with E-state index in [1.54, 1.807) is 17.5 Å². The molecule has 3 heterocycles. The van der Waals surface area contributed by atoms with Crippen LogP contribution in [0.5, 0.6) is 0 Å². The minimum Gasteiger partial charge on any atom is -0.397 e. The third-order valence-corrected chi connectivity index (χ3v) is 4.47. The van der Waals surface area contributed by atoms with Gasteiger partial charge in [0, 0.05) is 11.8 Å². The molecule has 0 amide bonds. The van der Waals surface area contributed by atoms with E-state index < -0.39 is 0 Å². The molecule has 0 atom stereocenters. The summed E-state index contributed by atoms with van der Waals surface area (Å²) in [5, 5.41) is 6.94. The lowest BCUT2D eigenvalue weighted by molar-refractivity contribution is 1.10. The van der Waals surface area contributed by atoms with Crippen LogP contribution in [0.15, 0.2) is 12.3 Å². The fourth-order valence-electron chi connectivity index (χ4n) is 1.97. The van der Waals surface area contributed by atoms with Gasteiger partial charge in [-0.3, -0.25) is 5.10 Å². The summed E-state index contributed by atoms with van der Waals surface area (Å²) in [5.41, 5.74) is 16.5. The lowest BCUT2D eigenvalue weighted by Gasteiger charge is -2.04. The first kappa shape index (κ1) is 11.0. The summed E-state index contributed by atoms with van der Waals surface area (Å²) in [6, 6.07) is 1.93. The van der Waals surface area contributed by atoms with Crippen molar-refractivity contribution in [3.63, 3.8) is 0 Å². The third kappa shape index (κ3) is 1.39. The molecule has 3 aromatic rings. The van der Waals surface area contributed by atoms with E-state index in [1.165, 1.54) is 0 Å². The molecule has 18 heavy (non-hydrogen) atoms. The van der Waals surface area contributed by atoms with Crippen LogP contribution in [0.25, 0.3) is 20.8 Å². The summed E-state index contributed by atoms with van der Waals surface area (Å²) in [4.78, 5) is 5.54. The van der Waals surface area contributed by atoms with E-state index in [0.29, 0.717) is 5.82 Å². The zero-order valence-corrected chi connectivity index (χ0v) is 10.9. The van der Waals surface area contributed by atoms with Gasteiger partial charge in [0.1, 0.15) is 5.82 Å². The summed E-state index contributed by atoms with van der Waals surface area (Å²) < 4.78 is 0.990. The summed E-state index contributed by atoms with van der Waals surface area (Å²) >= 11 is 1.62. The van der Waals surface area contributed by atoms with Crippen molar-refractivity contribution < 1.29 is 0 Å². The van der Waals surface area contributed by atoms with Gasteiger partial charge in [-0.05, 0) is 25.5 Å². The number of thiophene rings is 1. The molecule has 6 heteroatoms. The number of aryl methyl sites for hydroxylation is 1. The van der Waals surface area contributed by atoms with E-state index in [-0.39, 0.29) is 0 Å². The monoisotopic (exact) mass is 259 g/mol. The molecule has 0 saturated carbocycles. The van der Waals surface area contributed by atoms with Crippen LogP contribution in [0.4, 0.5) is 11.5 Å². The van der Waals surface area contributed by atoms with E-state index in [2.05, 4.69) is 15.2 Å². The quantitative estimate of drug-likeness (QED) is 0.625. The van der Waals surface area contributed by atoms with Crippen LogP contribution >= 0.6 is 11.3 Å². The number of nitrogens with zero attached hydrogens (tertiary/aromatic N) is 2. The molecule has 0 fully saturated rings. The fourth-order valence-corrected chi connectivity index (χ4v) is 3.21. The second-order valence-electron chi connectivity index (χ2n) is 4.24. The number of pyridine rings is 1. The Labute approximate surface area is 108 Å². The van der Waals surface area contributed by atoms with Gasteiger partial charge >= 0.3 is 0 Å². The maximum atomic E-state index is 6.12. The smallest absolute Gasteiger partial charge is 0.129 e. The topological polar surface area (TPSA) is 93.6 Å². The Balaban J connectivity index is 2.39. The zero-order valence-electron chi connectivity index (χ0n) is 10.1.